The Balaban J connectivity index is 1.77. The van der Waals surface area contributed by atoms with E-state index >= 15 is 0 Å². The summed E-state index contributed by atoms with van der Waals surface area (Å²) >= 11 is 0. The third-order valence-corrected chi connectivity index (χ3v) is 5.92. The summed E-state index contributed by atoms with van der Waals surface area (Å²) in [5.41, 5.74) is 3.24. The summed E-state index contributed by atoms with van der Waals surface area (Å²) in [5.74, 6) is 0.965. The molecule has 1 saturated carbocycles. The molecule has 6 nitrogen and oxygen atoms in total. The zero-order chi connectivity index (χ0) is 20.8. The molecule has 1 aromatic heterocycles. The zero-order valence-corrected chi connectivity index (χ0v) is 17.8. The van der Waals surface area contributed by atoms with Crippen molar-refractivity contribution in [2.45, 2.75) is 84.1 Å². The summed E-state index contributed by atoms with van der Waals surface area (Å²) in [5, 5.41) is 14.5. The lowest BCUT2D eigenvalue weighted by Crippen LogP contribution is -2.41. The second kappa shape index (κ2) is 7.48. The predicted molar refractivity (Wildman–Crippen MR) is 113 cm³/mol. The van der Waals surface area contributed by atoms with Crippen molar-refractivity contribution in [3.63, 3.8) is 0 Å². The van der Waals surface area contributed by atoms with Crippen LogP contribution in [0.4, 0.5) is 5.69 Å². The Labute approximate surface area is 172 Å². The average molecular weight is 398 g/mol. The first-order valence-corrected chi connectivity index (χ1v) is 10.6. The molecule has 0 bridgehead atoms. The van der Waals surface area contributed by atoms with E-state index in [4.69, 9.17) is 4.74 Å². The van der Waals surface area contributed by atoms with Crippen molar-refractivity contribution in [3.05, 3.63) is 30.1 Å². The van der Waals surface area contributed by atoms with Gasteiger partial charge in [-0.3, -0.25) is 9.48 Å². The van der Waals surface area contributed by atoms with Gasteiger partial charge >= 0.3 is 0 Å². The summed E-state index contributed by atoms with van der Waals surface area (Å²) in [6.45, 7) is 7.70. The molecule has 0 radical (unpaired) electrons. The van der Waals surface area contributed by atoms with Crippen molar-refractivity contribution < 1.29 is 14.6 Å². The van der Waals surface area contributed by atoms with Gasteiger partial charge in [0.1, 0.15) is 5.75 Å². The topological polar surface area (TPSA) is 67.6 Å². The molecule has 1 aliphatic heterocycles. The Morgan fingerprint density at radius 2 is 2.07 bits per heavy atom. The Morgan fingerprint density at radius 1 is 1.31 bits per heavy atom. The fourth-order valence-corrected chi connectivity index (χ4v) is 4.29. The highest BCUT2D eigenvalue weighted by Crippen LogP contribution is 2.44. The van der Waals surface area contributed by atoms with Crippen LogP contribution in [0.15, 0.2) is 24.5 Å². The van der Waals surface area contributed by atoms with Gasteiger partial charge in [-0.05, 0) is 65.0 Å². The van der Waals surface area contributed by atoms with E-state index in [0.29, 0.717) is 6.54 Å². The smallest absolute Gasteiger partial charge is 0.224 e. The monoisotopic (exact) mass is 397 g/mol. The van der Waals surface area contributed by atoms with Crippen LogP contribution in [0, 0.1) is 0 Å². The normalized spacial score (nSPS) is 19.6. The summed E-state index contributed by atoms with van der Waals surface area (Å²) in [6.07, 6.45) is 9.22. The summed E-state index contributed by atoms with van der Waals surface area (Å²) < 4.78 is 8.25. The minimum atomic E-state index is -0.831. The van der Waals surface area contributed by atoms with E-state index in [1.165, 1.54) is 6.42 Å². The first kappa shape index (κ1) is 20.0. The Hall–Kier alpha value is -2.34. The van der Waals surface area contributed by atoms with Crippen molar-refractivity contribution in [3.8, 4) is 16.9 Å². The van der Waals surface area contributed by atoms with E-state index in [1.54, 1.807) is 25.5 Å². The fraction of sp³-hybridized carbons (Fsp3) is 0.565. The van der Waals surface area contributed by atoms with Gasteiger partial charge < -0.3 is 14.7 Å². The number of aromatic nitrogens is 2. The van der Waals surface area contributed by atoms with Crippen LogP contribution in [-0.4, -0.2) is 38.5 Å². The van der Waals surface area contributed by atoms with E-state index in [9.17, 15) is 9.90 Å². The molecule has 1 N–H and O–H groups in total. The lowest BCUT2D eigenvalue weighted by molar-refractivity contribution is -0.117. The maximum absolute atomic E-state index is 12.3. The van der Waals surface area contributed by atoms with Gasteiger partial charge in [0, 0.05) is 35.9 Å². The molecule has 1 atom stereocenters. The van der Waals surface area contributed by atoms with Crippen LogP contribution < -0.4 is 9.64 Å². The van der Waals surface area contributed by atoms with Gasteiger partial charge in [-0.25, -0.2) is 0 Å². The second-order valence-electron chi connectivity index (χ2n) is 9.13. The summed E-state index contributed by atoms with van der Waals surface area (Å²) in [6, 6.07) is 4.28. The van der Waals surface area contributed by atoms with Gasteiger partial charge in [-0.2, -0.15) is 5.10 Å². The van der Waals surface area contributed by atoms with Crippen molar-refractivity contribution in [1.82, 2.24) is 9.78 Å². The summed E-state index contributed by atoms with van der Waals surface area (Å²) in [4.78, 5) is 14.2. The third kappa shape index (κ3) is 4.04. The molecule has 29 heavy (non-hydrogen) atoms. The Morgan fingerprint density at radius 3 is 2.69 bits per heavy atom. The van der Waals surface area contributed by atoms with Crippen LogP contribution in [0.3, 0.4) is 0 Å². The number of benzene rings is 1. The Kier molecular flexibility index (Phi) is 5.15. The molecule has 1 fully saturated rings. The maximum Gasteiger partial charge on any atom is 0.224 e. The van der Waals surface area contributed by atoms with Gasteiger partial charge in [-0.15, -0.1) is 0 Å². The standard InChI is InChI=1S/C23H31N3O3/c1-15-8-9-20-21(26(15)16(2)27)11-10-19(22(20)29-18-6-5-7-18)17-12-24-25(13-17)14-23(3,4)28/h10-13,15,18,28H,5-9,14H2,1-4H3/t15-/m0/s1. The number of fused-ring (bicyclic) bond motifs is 1. The quantitative estimate of drug-likeness (QED) is 0.830. The number of hydrogen-bond donors (Lipinski definition) is 1. The highest BCUT2D eigenvalue weighted by atomic mass is 16.5. The molecular formula is C23H31N3O3. The van der Waals surface area contributed by atoms with Crippen LogP contribution in [0.2, 0.25) is 0 Å². The number of aliphatic hydroxyl groups is 1. The lowest BCUT2D eigenvalue weighted by Gasteiger charge is -2.37. The van der Waals surface area contributed by atoms with Crippen LogP contribution in [0.25, 0.3) is 11.1 Å². The van der Waals surface area contributed by atoms with Gasteiger partial charge in [0.05, 0.1) is 30.1 Å². The molecule has 4 rings (SSSR count). The summed E-state index contributed by atoms with van der Waals surface area (Å²) in [7, 11) is 0. The Bertz CT molecular complexity index is 909. The first-order chi connectivity index (χ1) is 13.7. The van der Waals surface area contributed by atoms with Gasteiger partial charge in [0.15, 0.2) is 0 Å². The molecule has 2 aromatic rings. The highest BCUT2D eigenvalue weighted by Gasteiger charge is 2.31. The fourth-order valence-electron chi connectivity index (χ4n) is 4.29. The van der Waals surface area contributed by atoms with Crippen LogP contribution >= 0.6 is 0 Å². The molecule has 156 valence electrons. The van der Waals surface area contributed by atoms with E-state index in [0.717, 1.165) is 53.8 Å². The molecule has 6 heteroatoms. The van der Waals surface area contributed by atoms with E-state index < -0.39 is 5.60 Å². The number of carbonyl (C=O) groups is 1. The minimum absolute atomic E-state index is 0.0683. The first-order valence-electron chi connectivity index (χ1n) is 10.6. The molecule has 1 aliphatic carbocycles. The van der Waals surface area contributed by atoms with Gasteiger partial charge in [0.25, 0.3) is 0 Å². The number of ether oxygens (including phenoxy) is 1. The second-order valence-corrected chi connectivity index (χ2v) is 9.13. The van der Waals surface area contributed by atoms with E-state index in [2.05, 4.69) is 12.0 Å². The van der Waals surface area contributed by atoms with E-state index in [1.807, 2.05) is 29.4 Å². The SMILES string of the molecule is CC(=O)N1c2ccc(-c3cnn(CC(C)(C)O)c3)c(OC3CCC3)c2CC[C@@H]1C. The maximum atomic E-state index is 12.3. The van der Waals surface area contributed by atoms with Gasteiger partial charge in [-0.1, -0.05) is 0 Å². The molecule has 2 heterocycles. The number of carbonyl (C=O) groups excluding carboxylic acids is 1. The molecule has 2 aliphatic rings. The molecule has 0 saturated heterocycles. The van der Waals surface area contributed by atoms with Crippen molar-refractivity contribution >= 4 is 11.6 Å². The number of anilines is 1. The number of amides is 1. The number of nitrogens with zero attached hydrogens (tertiary/aromatic N) is 3. The van der Waals surface area contributed by atoms with Gasteiger partial charge in [0.2, 0.25) is 5.91 Å². The molecule has 0 unspecified atom stereocenters. The predicted octanol–water partition coefficient (Wildman–Crippen LogP) is 3.94. The zero-order valence-electron chi connectivity index (χ0n) is 17.8. The van der Waals surface area contributed by atoms with Crippen LogP contribution in [-0.2, 0) is 17.8 Å². The molecule has 1 amide bonds. The number of rotatable bonds is 5. The van der Waals surface area contributed by atoms with Crippen molar-refractivity contribution in [2.75, 3.05) is 4.90 Å². The largest absolute Gasteiger partial charge is 0.489 e. The third-order valence-electron chi connectivity index (χ3n) is 5.92. The van der Waals surface area contributed by atoms with E-state index in [-0.39, 0.29) is 18.1 Å². The molecular weight excluding hydrogens is 366 g/mol. The average Bonchev–Trinajstić information content (AvgIpc) is 3.03. The van der Waals surface area contributed by atoms with Crippen molar-refractivity contribution in [1.29, 1.82) is 0 Å². The molecule has 0 spiro atoms. The van der Waals surface area contributed by atoms with Crippen LogP contribution in [0.5, 0.6) is 5.75 Å². The minimum Gasteiger partial charge on any atom is -0.489 e. The van der Waals surface area contributed by atoms with Crippen LogP contribution in [0.1, 0.15) is 58.9 Å². The number of hydrogen-bond acceptors (Lipinski definition) is 4. The van der Waals surface area contributed by atoms with Crippen molar-refractivity contribution in [2.24, 2.45) is 0 Å². The molecule has 1 aromatic carbocycles. The highest BCUT2D eigenvalue weighted by molar-refractivity contribution is 5.95. The lowest BCUT2D eigenvalue weighted by atomic mass is 9.91.